The van der Waals surface area contributed by atoms with Crippen molar-refractivity contribution in [1.29, 1.82) is 0 Å². The Balaban J connectivity index is 1.60. The van der Waals surface area contributed by atoms with Crippen LogP contribution in [0.2, 0.25) is 10.0 Å². The van der Waals surface area contributed by atoms with E-state index in [2.05, 4.69) is 5.32 Å². The molecule has 1 aliphatic heterocycles. The van der Waals surface area contributed by atoms with Crippen molar-refractivity contribution >= 4 is 41.0 Å². The normalized spacial score (nSPS) is 18.7. The number of nitrogens with one attached hydrogen (secondary N) is 1. The third-order valence-corrected chi connectivity index (χ3v) is 5.44. The van der Waals surface area contributed by atoms with Gasteiger partial charge in [-0.3, -0.25) is 9.59 Å². The third-order valence-electron chi connectivity index (χ3n) is 4.73. The molecule has 2 aromatic rings. The fraction of sp³-hybridized carbons (Fsp3) is 0.286. The second kappa shape index (κ2) is 10.6. The van der Waals surface area contributed by atoms with E-state index in [4.69, 9.17) is 43.1 Å². The Morgan fingerprint density at radius 1 is 1.09 bits per heavy atom. The molecule has 9 nitrogen and oxygen atoms in total. The molecule has 0 radical (unpaired) electrons. The Morgan fingerprint density at radius 2 is 1.72 bits per heavy atom. The van der Waals surface area contributed by atoms with Crippen LogP contribution in [0.15, 0.2) is 42.5 Å². The van der Waals surface area contributed by atoms with Gasteiger partial charge in [0, 0.05) is 22.0 Å². The quantitative estimate of drug-likeness (QED) is 0.496. The number of rotatable bonds is 9. The average Bonchev–Trinajstić information content (AvgIpc) is 3.24. The van der Waals surface area contributed by atoms with E-state index in [0.717, 1.165) is 0 Å². The first-order valence-electron chi connectivity index (χ1n) is 9.46. The van der Waals surface area contributed by atoms with Crippen LogP contribution < -0.4 is 15.8 Å². The minimum atomic E-state index is -1.30. The second-order valence-electron chi connectivity index (χ2n) is 6.93. The van der Waals surface area contributed by atoms with Gasteiger partial charge in [-0.05, 0) is 29.8 Å². The minimum Gasteiger partial charge on any atom is -0.489 e. The molecule has 11 heteroatoms. The van der Waals surface area contributed by atoms with Crippen LogP contribution in [0.4, 0.5) is 0 Å². The zero-order chi connectivity index (χ0) is 23.3. The summed E-state index contributed by atoms with van der Waals surface area (Å²) in [7, 11) is 0. The maximum absolute atomic E-state index is 12.4. The van der Waals surface area contributed by atoms with Crippen molar-refractivity contribution in [3.05, 3.63) is 63.6 Å². The molecule has 1 fully saturated rings. The van der Waals surface area contributed by atoms with Gasteiger partial charge in [0.15, 0.2) is 12.2 Å². The highest BCUT2D eigenvalue weighted by molar-refractivity contribution is 6.35. The van der Waals surface area contributed by atoms with E-state index in [-0.39, 0.29) is 19.8 Å². The molecule has 2 amide bonds. The van der Waals surface area contributed by atoms with E-state index in [9.17, 15) is 19.5 Å². The third kappa shape index (κ3) is 5.89. The summed E-state index contributed by atoms with van der Waals surface area (Å²) in [4.78, 5) is 35.3. The lowest BCUT2D eigenvalue weighted by Gasteiger charge is -2.19. The number of nitrogens with two attached hydrogens (primary N) is 1. The lowest BCUT2D eigenvalue weighted by molar-refractivity contribution is -0.144. The van der Waals surface area contributed by atoms with Crippen LogP contribution in [-0.4, -0.2) is 47.9 Å². The van der Waals surface area contributed by atoms with E-state index in [0.29, 0.717) is 26.9 Å². The van der Waals surface area contributed by atoms with Gasteiger partial charge in [-0.2, -0.15) is 0 Å². The van der Waals surface area contributed by atoms with Crippen LogP contribution in [0.25, 0.3) is 0 Å². The molecule has 3 atom stereocenters. The van der Waals surface area contributed by atoms with Gasteiger partial charge >= 0.3 is 5.97 Å². The molecule has 32 heavy (non-hydrogen) atoms. The number of carboxylic acid groups (broad SMARTS) is 1. The standard InChI is InChI=1S/C21H20Cl2N2O7/c22-14-2-1-3-15(23)13(14)9-30-12-6-4-11(5-7-12)8-16(21(28)29)25-20(27)18-17(19(24)26)31-10-32-18/h1-7,16-18H,8-10H2,(H2,24,26)(H,25,27)(H,28,29)/t16-,17-,18-/m1/s1. The summed E-state index contributed by atoms with van der Waals surface area (Å²) in [6, 6.07) is 10.6. The molecule has 0 saturated carbocycles. The summed E-state index contributed by atoms with van der Waals surface area (Å²) >= 11 is 12.3. The number of carbonyl (C=O) groups excluding carboxylic acids is 2. The zero-order valence-electron chi connectivity index (χ0n) is 16.6. The first-order valence-corrected chi connectivity index (χ1v) is 10.2. The number of primary amides is 1. The van der Waals surface area contributed by atoms with Gasteiger partial charge in [-0.15, -0.1) is 0 Å². The van der Waals surface area contributed by atoms with E-state index >= 15 is 0 Å². The summed E-state index contributed by atoms with van der Waals surface area (Å²) in [5.74, 6) is -2.39. The summed E-state index contributed by atoms with van der Waals surface area (Å²) in [5.41, 5.74) is 6.45. The highest BCUT2D eigenvalue weighted by atomic mass is 35.5. The molecule has 1 aliphatic rings. The van der Waals surface area contributed by atoms with Gasteiger partial charge in [0.2, 0.25) is 5.91 Å². The Morgan fingerprint density at radius 3 is 2.31 bits per heavy atom. The van der Waals surface area contributed by atoms with Gasteiger partial charge in [-0.1, -0.05) is 41.4 Å². The number of carboxylic acids is 1. The van der Waals surface area contributed by atoms with Gasteiger partial charge in [0.1, 0.15) is 25.2 Å². The zero-order valence-corrected chi connectivity index (χ0v) is 18.1. The minimum absolute atomic E-state index is 0.00743. The summed E-state index contributed by atoms with van der Waals surface area (Å²) in [6.07, 6.45) is -2.58. The Bertz CT molecular complexity index is 980. The van der Waals surface area contributed by atoms with Crippen LogP contribution in [0, 0.1) is 0 Å². The van der Waals surface area contributed by atoms with Crippen LogP contribution in [0.5, 0.6) is 5.75 Å². The van der Waals surface area contributed by atoms with Crippen LogP contribution >= 0.6 is 23.2 Å². The Kier molecular flexibility index (Phi) is 7.92. The van der Waals surface area contributed by atoms with Crippen molar-refractivity contribution in [2.75, 3.05) is 6.79 Å². The molecule has 4 N–H and O–H groups in total. The van der Waals surface area contributed by atoms with Crippen LogP contribution in [0.1, 0.15) is 11.1 Å². The van der Waals surface area contributed by atoms with E-state index < -0.39 is 36.0 Å². The van der Waals surface area contributed by atoms with Gasteiger partial charge in [-0.25, -0.2) is 4.79 Å². The first-order chi connectivity index (χ1) is 15.3. The number of ether oxygens (including phenoxy) is 3. The molecule has 2 aromatic carbocycles. The number of amides is 2. The molecule has 170 valence electrons. The molecule has 0 unspecified atom stereocenters. The maximum atomic E-state index is 12.4. The number of halogens is 2. The van der Waals surface area contributed by atoms with Crippen molar-refractivity contribution in [2.24, 2.45) is 5.73 Å². The molecule has 1 saturated heterocycles. The van der Waals surface area contributed by atoms with Gasteiger partial charge < -0.3 is 30.4 Å². The summed E-state index contributed by atoms with van der Waals surface area (Å²) in [5, 5.41) is 12.8. The van der Waals surface area contributed by atoms with Crippen molar-refractivity contribution in [3.63, 3.8) is 0 Å². The summed E-state index contributed by atoms with van der Waals surface area (Å²) < 4.78 is 15.7. The number of hydrogen-bond donors (Lipinski definition) is 3. The molecule has 0 aliphatic carbocycles. The fourth-order valence-corrected chi connectivity index (χ4v) is 3.55. The van der Waals surface area contributed by atoms with E-state index in [1.54, 1.807) is 42.5 Å². The molecule has 0 bridgehead atoms. The fourth-order valence-electron chi connectivity index (χ4n) is 3.04. The lowest BCUT2D eigenvalue weighted by atomic mass is 10.0. The van der Waals surface area contributed by atoms with Gasteiger partial charge in [0.05, 0.1) is 0 Å². The largest absolute Gasteiger partial charge is 0.489 e. The van der Waals surface area contributed by atoms with Crippen molar-refractivity contribution in [3.8, 4) is 5.75 Å². The average molecular weight is 483 g/mol. The predicted octanol–water partition coefficient (Wildman–Crippen LogP) is 1.91. The number of aliphatic carboxylic acids is 1. The maximum Gasteiger partial charge on any atom is 0.326 e. The topological polar surface area (TPSA) is 137 Å². The highest BCUT2D eigenvalue weighted by Crippen LogP contribution is 2.26. The van der Waals surface area contributed by atoms with Crippen molar-refractivity contribution < 1.29 is 33.7 Å². The van der Waals surface area contributed by atoms with Crippen LogP contribution in [-0.2, 0) is 36.9 Å². The van der Waals surface area contributed by atoms with Gasteiger partial charge in [0.25, 0.3) is 5.91 Å². The Labute approximate surface area is 193 Å². The molecular weight excluding hydrogens is 463 g/mol. The molecule has 0 aromatic heterocycles. The molecular formula is C21H20Cl2N2O7. The number of benzene rings is 2. The number of carbonyl (C=O) groups is 3. The smallest absolute Gasteiger partial charge is 0.326 e. The van der Waals surface area contributed by atoms with Crippen molar-refractivity contribution in [1.82, 2.24) is 5.32 Å². The van der Waals surface area contributed by atoms with Crippen molar-refractivity contribution in [2.45, 2.75) is 31.3 Å². The molecule has 3 rings (SSSR count). The second-order valence-corrected chi connectivity index (χ2v) is 7.75. The van der Waals surface area contributed by atoms with E-state index in [1.807, 2.05) is 0 Å². The van der Waals surface area contributed by atoms with Crippen LogP contribution in [0.3, 0.4) is 0 Å². The molecule has 1 heterocycles. The Hall–Kier alpha value is -2.85. The van der Waals surface area contributed by atoms with E-state index in [1.165, 1.54) is 0 Å². The molecule has 0 spiro atoms. The predicted molar refractivity (Wildman–Crippen MR) is 114 cm³/mol. The lowest BCUT2D eigenvalue weighted by Crippen LogP contribution is -2.51. The number of hydrogen-bond acceptors (Lipinski definition) is 6. The monoisotopic (exact) mass is 482 g/mol. The first kappa shape index (κ1) is 23.8. The highest BCUT2D eigenvalue weighted by Gasteiger charge is 2.40. The SMILES string of the molecule is NC(=O)[C@@H]1OCO[C@H]1C(=O)N[C@H](Cc1ccc(OCc2c(Cl)cccc2Cl)cc1)C(=O)O. The summed E-state index contributed by atoms with van der Waals surface area (Å²) in [6.45, 7) is -0.125.